The van der Waals surface area contributed by atoms with Crippen molar-refractivity contribution in [3.63, 3.8) is 0 Å². The van der Waals surface area contributed by atoms with Gasteiger partial charge in [-0.3, -0.25) is 9.59 Å². The second-order valence-electron chi connectivity index (χ2n) is 11.3. The molecule has 4 aromatic rings. The normalized spacial score (nSPS) is 19.6. The van der Waals surface area contributed by atoms with Crippen molar-refractivity contribution in [3.05, 3.63) is 131 Å². The van der Waals surface area contributed by atoms with Crippen molar-refractivity contribution < 1.29 is 22.8 Å². The Morgan fingerprint density at radius 3 is 1.86 bits per heavy atom. The molecule has 1 aliphatic carbocycles. The molecule has 5 rings (SSSR count). The Hall–Kier alpha value is -4.19. The highest BCUT2D eigenvalue weighted by atomic mass is 19.4. The van der Waals surface area contributed by atoms with Crippen LogP contribution in [0.15, 0.2) is 109 Å². The van der Waals surface area contributed by atoms with E-state index in [9.17, 15) is 22.8 Å². The molecule has 4 aromatic carbocycles. The molecule has 0 heterocycles. The molecule has 6 heteroatoms. The molecule has 0 bridgehead atoms. The highest BCUT2D eigenvalue weighted by Crippen LogP contribution is 2.43. The van der Waals surface area contributed by atoms with E-state index >= 15 is 0 Å². The van der Waals surface area contributed by atoms with Crippen molar-refractivity contribution in [2.75, 3.05) is 0 Å². The number of hydrogen-bond donors (Lipinski definition) is 1. The number of amides is 1. The minimum atomic E-state index is -4.38. The molecular formula is C36H34F3NO2. The van der Waals surface area contributed by atoms with Gasteiger partial charge in [0.25, 0.3) is 0 Å². The van der Waals surface area contributed by atoms with Gasteiger partial charge in [-0.25, -0.2) is 0 Å². The van der Waals surface area contributed by atoms with Crippen LogP contribution in [-0.4, -0.2) is 11.7 Å². The number of nitrogens with one attached hydrogen (secondary N) is 1. The first-order valence-electron chi connectivity index (χ1n) is 14.4. The Bertz CT molecular complexity index is 1490. The van der Waals surface area contributed by atoms with Crippen LogP contribution in [0.1, 0.15) is 72.1 Å². The number of alkyl halides is 3. The van der Waals surface area contributed by atoms with Crippen molar-refractivity contribution in [1.82, 2.24) is 5.32 Å². The lowest BCUT2D eigenvalue weighted by Crippen LogP contribution is -2.47. The molecule has 1 aliphatic rings. The van der Waals surface area contributed by atoms with Gasteiger partial charge in [0.1, 0.15) is 0 Å². The smallest absolute Gasteiger partial charge is 0.349 e. The highest BCUT2D eigenvalue weighted by Gasteiger charge is 2.43. The summed E-state index contributed by atoms with van der Waals surface area (Å²) in [5.41, 5.74) is 2.72. The van der Waals surface area contributed by atoms with Gasteiger partial charge in [0.15, 0.2) is 5.78 Å². The van der Waals surface area contributed by atoms with Crippen LogP contribution in [0.2, 0.25) is 0 Å². The van der Waals surface area contributed by atoms with Crippen molar-refractivity contribution in [2.45, 2.75) is 56.7 Å². The predicted octanol–water partition coefficient (Wildman–Crippen LogP) is 8.95. The Labute approximate surface area is 244 Å². The van der Waals surface area contributed by atoms with E-state index in [1.165, 1.54) is 12.1 Å². The summed E-state index contributed by atoms with van der Waals surface area (Å²) in [6, 6.07) is 31.8. The van der Waals surface area contributed by atoms with E-state index in [1.807, 2.05) is 67.6 Å². The van der Waals surface area contributed by atoms with Gasteiger partial charge in [0.2, 0.25) is 5.91 Å². The van der Waals surface area contributed by atoms with Crippen LogP contribution in [0.3, 0.4) is 0 Å². The Balaban J connectivity index is 1.24. The molecule has 0 aromatic heterocycles. The number of Topliss-reactive ketones (excluding diaryl/α,β-unsaturated/α-hetero) is 1. The second-order valence-corrected chi connectivity index (χ2v) is 11.3. The average molecular weight is 570 g/mol. The summed E-state index contributed by atoms with van der Waals surface area (Å²) in [6.45, 7) is 2.00. The van der Waals surface area contributed by atoms with Gasteiger partial charge in [-0.1, -0.05) is 97.1 Å². The van der Waals surface area contributed by atoms with Crippen LogP contribution < -0.4 is 5.32 Å². The van der Waals surface area contributed by atoms with Gasteiger partial charge < -0.3 is 5.32 Å². The average Bonchev–Trinajstić information content (AvgIpc) is 3.02. The van der Waals surface area contributed by atoms with E-state index < -0.39 is 17.2 Å². The van der Waals surface area contributed by atoms with Gasteiger partial charge in [0.05, 0.1) is 17.0 Å². The molecule has 216 valence electrons. The third kappa shape index (κ3) is 6.48. The molecule has 0 saturated heterocycles. The molecule has 0 aliphatic heterocycles. The fraction of sp³-hybridized carbons (Fsp3) is 0.278. The van der Waals surface area contributed by atoms with Gasteiger partial charge in [0, 0.05) is 12.0 Å². The van der Waals surface area contributed by atoms with Crippen LogP contribution in [0.4, 0.5) is 13.2 Å². The maximum atomic E-state index is 13.8. The number of carbonyl (C=O) groups is 2. The van der Waals surface area contributed by atoms with E-state index in [4.69, 9.17) is 0 Å². The van der Waals surface area contributed by atoms with Gasteiger partial charge in [-0.2, -0.15) is 13.2 Å². The number of rotatable bonds is 8. The molecule has 1 fully saturated rings. The van der Waals surface area contributed by atoms with E-state index in [0.29, 0.717) is 30.4 Å². The van der Waals surface area contributed by atoms with Crippen LogP contribution in [-0.2, 0) is 16.4 Å². The number of ketones is 1. The molecule has 0 unspecified atom stereocenters. The first kappa shape index (κ1) is 29.3. The molecule has 0 radical (unpaired) electrons. The van der Waals surface area contributed by atoms with Crippen LogP contribution >= 0.6 is 0 Å². The topological polar surface area (TPSA) is 46.2 Å². The van der Waals surface area contributed by atoms with Crippen molar-refractivity contribution >= 4 is 11.7 Å². The van der Waals surface area contributed by atoms with Crippen molar-refractivity contribution in [1.29, 1.82) is 0 Å². The zero-order chi connectivity index (χ0) is 29.7. The van der Waals surface area contributed by atoms with E-state index in [1.54, 1.807) is 24.3 Å². The molecule has 1 saturated carbocycles. The first-order valence-corrected chi connectivity index (χ1v) is 14.4. The highest BCUT2D eigenvalue weighted by molar-refractivity contribution is 5.96. The summed E-state index contributed by atoms with van der Waals surface area (Å²) in [5.74, 6) is 0.227. The predicted molar refractivity (Wildman–Crippen MR) is 159 cm³/mol. The van der Waals surface area contributed by atoms with Crippen LogP contribution in [0.5, 0.6) is 0 Å². The zero-order valence-corrected chi connectivity index (χ0v) is 23.5. The van der Waals surface area contributed by atoms with Crippen molar-refractivity contribution in [3.8, 4) is 11.1 Å². The third-order valence-corrected chi connectivity index (χ3v) is 8.59. The molecule has 0 spiro atoms. The Morgan fingerprint density at radius 2 is 1.31 bits per heavy atom. The summed E-state index contributed by atoms with van der Waals surface area (Å²) in [6.07, 6.45) is -1.13. The standard InChI is InChI=1S/C36H34F3NO2/c1-25(27-8-4-2-5-9-27)40-34(42)35(31-10-6-3-7-11-31)22-20-26(21-23-35)24-33(41)30-14-12-28(13-15-30)29-16-18-32(19-17-29)36(37,38)39/h2-19,25-26H,20-24H2,1H3,(H,40,42)/t25-,26?,35?/m0/s1. The fourth-order valence-electron chi connectivity index (χ4n) is 6.02. The van der Waals surface area contributed by atoms with Crippen LogP contribution in [0.25, 0.3) is 11.1 Å². The summed E-state index contributed by atoms with van der Waals surface area (Å²) < 4.78 is 38.6. The van der Waals surface area contributed by atoms with E-state index in [2.05, 4.69) is 5.32 Å². The minimum absolute atomic E-state index is 0.0219. The molecular weight excluding hydrogens is 535 g/mol. The number of benzene rings is 4. The SMILES string of the molecule is C[C@H](NC(=O)C1(c2ccccc2)CCC(CC(=O)c2ccc(-c3ccc(C(F)(F)F)cc3)cc2)CC1)c1ccccc1. The Kier molecular flexibility index (Phi) is 8.62. The first-order chi connectivity index (χ1) is 20.2. The summed E-state index contributed by atoms with van der Waals surface area (Å²) in [7, 11) is 0. The molecule has 1 N–H and O–H groups in total. The number of hydrogen-bond acceptors (Lipinski definition) is 2. The van der Waals surface area contributed by atoms with Crippen LogP contribution in [0, 0.1) is 5.92 Å². The molecule has 1 amide bonds. The lowest BCUT2D eigenvalue weighted by Gasteiger charge is -2.40. The molecule has 3 nitrogen and oxygen atoms in total. The van der Waals surface area contributed by atoms with E-state index in [-0.39, 0.29) is 23.7 Å². The number of carbonyl (C=O) groups excluding carboxylic acids is 2. The summed E-state index contributed by atoms with van der Waals surface area (Å²) in [5, 5.41) is 3.25. The zero-order valence-electron chi connectivity index (χ0n) is 23.5. The van der Waals surface area contributed by atoms with Crippen molar-refractivity contribution in [2.24, 2.45) is 5.92 Å². The lowest BCUT2D eigenvalue weighted by molar-refractivity contribution is -0.137. The Morgan fingerprint density at radius 1 is 0.786 bits per heavy atom. The summed E-state index contributed by atoms with van der Waals surface area (Å²) in [4.78, 5) is 27.0. The van der Waals surface area contributed by atoms with Gasteiger partial charge in [-0.05, 0) is 72.9 Å². The lowest BCUT2D eigenvalue weighted by atomic mass is 9.65. The summed E-state index contributed by atoms with van der Waals surface area (Å²) >= 11 is 0. The maximum Gasteiger partial charge on any atom is 0.416 e. The van der Waals surface area contributed by atoms with Gasteiger partial charge >= 0.3 is 6.18 Å². The maximum absolute atomic E-state index is 13.8. The molecule has 1 atom stereocenters. The second kappa shape index (κ2) is 12.4. The largest absolute Gasteiger partial charge is 0.416 e. The van der Waals surface area contributed by atoms with Gasteiger partial charge in [-0.15, -0.1) is 0 Å². The third-order valence-electron chi connectivity index (χ3n) is 8.59. The monoisotopic (exact) mass is 569 g/mol. The number of halogens is 3. The fourth-order valence-corrected chi connectivity index (χ4v) is 6.02. The van der Waals surface area contributed by atoms with E-state index in [0.717, 1.165) is 41.7 Å². The molecule has 42 heavy (non-hydrogen) atoms. The quantitative estimate of drug-likeness (QED) is 0.215. The minimum Gasteiger partial charge on any atom is -0.349 e.